The summed E-state index contributed by atoms with van der Waals surface area (Å²) < 4.78 is 5.24. The monoisotopic (exact) mass is 323 g/mol. The molecule has 0 radical (unpaired) electrons. The minimum atomic E-state index is 0.0373. The van der Waals surface area contributed by atoms with Crippen molar-refractivity contribution in [1.82, 2.24) is 5.01 Å². The Morgan fingerprint density at radius 2 is 2.04 bits per heavy atom. The Morgan fingerprint density at radius 1 is 1.25 bits per heavy atom. The lowest BCUT2D eigenvalue weighted by molar-refractivity contribution is -0.130. The molecule has 2 aromatic carbocycles. The van der Waals surface area contributed by atoms with E-state index in [1.54, 1.807) is 18.2 Å². The van der Waals surface area contributed by atoms with Gasteiger partial charge < -0.3 is 10.5 Å². The maximum absolute atomic E-state index is 12.4. The fourth-order valence-electron chi connectivity index (χ4n) is 2.76. The molecule has 0 aromatic heterocycles. The second kappa shape index (κ2) is 7.17. The van der Waals surface area contributed by atoms with Crippen LogP contribution in [0.2, 0.25) is 0 Å². The molecule has 1 aliphatic heterocycles. The Labute approximate surface area is 141 Å². The predicted octanol–water partition coefficient (Wildman–Crippen LogP) is 2.85. The van der Waals surface area contributed by atoms with Gasteiger partial charge in [-0.1, -0.05) is 30.3 Å². The van der Waals surface area contributed by atoms with E-state index in [-0.39, 0.29) is 5.91 Å². The molecule has 0 spiro atoms. The third kappa shape index (κ3) is 3.56. The fourth-order valence-corrected chi connectivity index (χ4v) is 2.76. The highest BCUT2D eigenvalue weighted by molar-refractivity contribution is 6.06. The zero-order valence-corrected chi connectivity index (χ0v) is 13.7. The van der Waals surface area contributed by atoms with Gasteiger partial charge in [-0.15, -0.1) is 0 Å². The second-order valence-electron chi connectivity index (χ2n) is 5.75. The molecule has 5 nitrogen and oxygen atoms in total. The molecule has 0 atom stereocenters. The first kappa shape index (κ1) is 16.1. The SMILES string of the molecule is COc1ccc(N)c(C2=NN(C(=O)CCc3ccccc3)CC2)c1. The highest BCUT2D eigenvalue weighted by atomic mass is 16.5. The number of carbonyl (C=O) groups is 1. The van der Waals surface area contributed by atoms with E-state index in [2.05, 4.69) is 5.10 Å². The van der Waals surface area contributed by atoms with Gasteiger partial charge in [0.25, 0.3) is 0 Å². The van der Waals surface area contributed by atoms with Crippen LogP contribution in [0.5, 0.6) is 5.75 Å². The Balaban J connectivity index is 1.68. The first-order valence-electron chi connectivity index (χ1n) is 8.03. The molecule has 0 saturated carbocycles. The predicted molar refractivity (Wildman–Crippen MR) is 95.0 cm³/mol. The minimum Gasteiger partial charge on any atom is -0.497 e. The van der Waals surface area contributed by atoms with Gasteiger partial charge in [0.15, 0.2) is 0 Å². The lowest BCUT2D eigenvalue weighted by atomic mass is 10.1. The summed E-state index contributed by atoms with van der Waals surface area (Å²) in [7, 11) is 1.62. The zero-order valence-electron chi connectivity index (χ0n) is 13.7. The van der Waals surface area contributed by atoms with Gasteiger partial charge in [0.2, 0.25) is 5.91 Å². The number of anilines is 1. The van der Waals surface area contributed by atoms with Crippen molar-refractivity contribution >= 4 is 17.3 Å². The number of amides is 1. The van der Waals surface area contributed by atoms with Gasteiger partial charge in [0, 0.05) is 24.1 Å². The molecule has 3 rings (SSSR count). The summed E-state index contributed by atoms with van der Waals surface area (Å²) in [5.74, 6) is 0.770. The number of aryl methyl sites for hydroxylation is 1. The number of benzene rings is 2. The van der Waals surface area contributed by atoms with Crippen LogP contribution in [0.25, 0.3) is 0 Å². The van der Waals surface area contributed by atoms with Gasteiger partial charge in [-0.3, -0.25) is 4.79 Å². The molecule has 1 aliphatic rings. The maximum Gasteiger partial charge on any atom is 0.243 e. The number of hydrogen-bond acceptors (Lipinski definition) is 4. The fraction of sp³-hybridized carbons (Fsp3) is 0.263. The summed E-state index contributed by atoms with van der Waals surface area (Å²) in [5, 5.41) is 6.02. The molecule has 2 N–H and O–H groups in total. The van der Waals surface area contributed by atoms with Gasteiger partial charge in [-0.2, -0.15) is 5.10 Å². The van der Waals surface area contributed by atoms with E-state index < -0.39 is 0 Å². The van der Waals surface area contributed by atoms with Crippen LogP contribution >= 0.6 is 0 Å². The average Bonchev–Trinajstić information content (AvgIpc) is 3.11. The molecule has 1 heterocycles. The molecular formula is C19H21N3O2. The van der Waals surface area contributed by atoms with E-state index >= 15 is 0 Å². The zero-order chi connectivity index (χ0) is 16.9. The Morgan fingerprint density at radius 3 is 2.79 bits per heavy atom. The molecule has 124 valence electrons. The van der Waals surface area contributed by atoms with E-state index in [1.165, 1.54) is 0 Å². The van der Waals surface area contributed by atoms with Crippen molar-refractivity contribution in [2.75, 3.05) is 19.4 Å². The first-order valence-corrected chi connectivity index (χ1v) is 8.03. The Bertz CT molecular complexity index is 756. The molecule has 0 bridgehead atoms. The van der Waals surface area contributed by atoms with Gasteiger partial charge in [0.1, 0.15) is 5.75 Å². The highest BCUT2D eigenvalue weighted by Crippen LogP contribution is 2.24. The number of hydrogen-bond donors (Lipinski definition) is 1. The summed E-state index contributed by atoms with van der Waals surface area (Å²) in [5.41, 5.74) is 9.52. The van der Waals surface area contributed by atoms with E-state index in [1.807, 2.05) is 42.5 Å². The van der Waals surface area contributed by atoms with Gasteiger partial charge in [-0.05, 0) is 30.2 Å². The largest absolute Gasteiger partial charge is 0.497 e. The third-order valence-electron chi connectivity index (χ3n) is 4.13. The molecule has 0 aliphatic carbocycles. The highest BCUT2D eigenvalue weighted by Gasteiger charge is 2.22. The number of rotatable bonds is 5. The van der Waals surface area contributed by atoms with E-state index in [9.17, 15) is 4.79 Å². The third-order valence-corrected chi connectivity index (χ3v) is 4.13. The maximum atomic E-state index is 12.4. The number of carbonyl (C=O) groups excluding carboxylic acids is 1. The minimum absolute atomic E-state index is 0.0373. The lowest BCUT2D eigenvalue weighted by Crippen LogP contribution is -2.23. The van der Waals surface area contributed by atoms with Crippen molar-refractivity contribution in [3.8, 4) is 5.75 Å². The summed E-state index contributed by atoms with van der Waals surface area (Å²) in [6.07, 6.45) is 1.88. The molecule has 5 heteroatoms. The van der Waals surface area contributed by atoms with Crippen molar-refractivity contribution in [1.29, 1.82) is 0 Å². The summed E-state index contributed by atoms with van der Waals surface area (Å²) in [4.78, 5) is 12.4. The summed E-state index contributed by atoms with van der Waals surface area (Å²) in [6, 6.07) is 15.5. The normalized spacial score (nSPS) is 13.7. The van der Waals surface area contributed by atoms with Gasteiger partial charge >= 0.3 is 0 Å². The van der Waals surface area contributed by atoms with E-state index in [0.29, 0.717) is 25.1 Å². The first-order chi connectivity index (χ1) is 11.7. The topological polar surface area (TPSA) is 67.9 Å². The van der Waals surface area contributed by atoms with E-state index in [0.717, 1.165) is 29.0 Å². The van der Waals surface area contributed by atoms with Crippen molar-refractivity contribution in [2.24, 2.45) is 5.10 Å². The van der Waals surface area contributed by atoms with Crippen LogP contribution in [0, 0.1) is 0 Å². The van der Waals surface area contributed by atoms with Crippen LogP contribution < -0.4 is 10.5 Å². The van der Waals surface area contributed by atoms with Crippen LogP contribution in [-0.4, -0.2) is 30.3 Å². The van der Waals surface area contributed by atoms with Crippen LogP contribution in [0.15, 0.2) is 53.6 Å². The number of nitrogens with two attached hydrogens (primary N) is 1. The molecule has 24 heavy (non-hydrogen) atoms. The summed E-state index contributed by atoms with van der Waals surface area (Å²) in [6.45, 7) is 0.597. The van der Waals surface area contributed by atoms with E-state index in [4.69, 9.17) is 10.5 Å². The molecule has 2 aromatic rings. The average molecular weight is 323 g/mol. The smallest absolute Gasteiger partial charge is 0.243 e. The molecule has 0 saturated heterocycles. The van der Waals surface area contributed by atoms with Crippen LogP contribution in [0.4, 0.5) is 5.69 Å². The second-order valence-corrected chi connectivity index (χ2v) is 5.75. The molecule has 0 unspecified atom stereocenters. The van der Waals surface area contributed by atoms with Gasteiger partial charge in [-0.25, -0.2) is 5.01 Å². The number of hydrazone groups is 1. The van der Waals surface area contributed by atoms with Crippen molar-refractivity contribution in [3.05, 3.63) is 59.7 Å². The summed E-state index contributed by atoms with van der Waals surface area (Å²) >= 11 is 0. The Hall–Kier alpha value is -2.82. The standard InChI is InChI=1S/C19H21N3O2/c1-24-15-8-9-17(20)16(13-15)18-11-12-22(21-18)19(23)10-7-14-5-3-2-4-6-14/h2-6,8-9,13H,7,10-12,20H2,1H3. The van der Waals surface area contributed by atoms with Crippen molar-refractivity contribution in [3.63, 3.8) is 0 Å². The molecule has 1 amide bonds. The molecule has 0 fully saturated rings. The van der Waals surface area contributed by atoms with Crippen molar-refractivity contribution < 1.29 is 9.53 Å². The molecular weight excluding hydrogens is 302 g/mol. The number of nitrogens with zero attached hydrogens (tertiary/aromatic N) is 2. The number of nitrogen functional groups attached to an aromatic ring is 1. The van der Waals surface area contributed by atoms with Gasteiger partial charge in [0.05, 0.1) is 19.4 Å². The quantitative estimate of drug-likeness (QED) is 0.860. The number of methoxy groups -OCH3 is 1. The number of ether oxygens (including phenoxy) is 1. The van der Waals surface area contributed by atoms with Crippen LogP contribution in [0.1, 0.15) is 24.0 Å². The van der Waals surface area contributed by atoms with Crippen molar-refractivity contribution in [2.45, 2.75) is 19.3 Å². The Kier molecular flexibility index (Phi) is 4.79. The lowest BCUT2D eigenvalue weighted by Gasteiger charge is -2.11. The van der Waals surface area contributed by atoms with Crippen LogP contribution in [0.3, 0.4) is 0 Å². The van der Waals surface area contributed by atoms with Crippen LogP contribution in [-0.2, 0) is 11.2 Å².